The Bertz CT molecular complexity index is 447. The van der Waals surface area contributed by atoms with Crippen molar-refractivity contribution in [3.05, 3.63) is 35.1 Å². The molecule has 0 saturated heterocycles. The number of carbonyl (C=O) groups excluding carboxylic acids is 1. The molecule has 0 aliphatic carbocycles. The molecule has 17 heavy (non-hydrogen) atoms. The number of halogens is 1. The van der Waals surface area contributed by atoms with Crippen molar-refractivity contribution in [3.8, 4) is 0 Å². The third-order valence-electron chi connectivity index (χ3n) is 2.18. The molecule has 0 bridgehead atoms. The van der Waals surface area contributed by atoms with E-state index in [1.165, 1.54) is 25.1 Å². The Balaban J connectivity index is 2.71. The summed E-state index contributed by atoms with van der Waals surface area (Å²) < 4.78 is 13.5. The van der Waals surface area contributed by atoms with E-state index in [1.54, 1.807) is 0 Å². The molecule has 1 amide bonds. The van der Waals surface area contributed by atoms with Crippen molar-refractivity contribution in [1.29, 1.82) is 0 Å². The fourth-order valence-corrected chi connectivity index (χ4v) is 1.19. The van der Waals surface area contributed by atoms with Gasteiger partial charge in [-0.05, 0) is 18.6 Å². The summed E-state index contributed by atoms with van der Waals surface area (Å²) in [6.45, 7) is 1.04. The van der Waals surface area contributed by atoms with Gasteiger partial charge in [-0.2, -0.15) is 0 Å². The first-order valence-electron chi connectivity index (χ1n) is 4.87. The summed E-state index contributed by atoms with van der Waals surface area (Å²) in [4.78, 5) is 21.8. The van der Waals surface area contributed by atoms with Gasteiger partial charge in [0, 0.05) is 0 Å². The van der Waals surface area contributed by atoms with E-state index in [9.17, 15) is 14.0 Å². The van der Waals surface area contributed by atoms with Crippen LogP contribution >= 0.6 is 0 Å². The predicted octanol–water partition coefficient (Wildman–Crippen LogP) is 0.309. The van der Waals surface area contributed by atoms with E-state index in [4.69, 9.17) is 10.2 Å². The summed E-state index contributed by atoms with van der Waals surface area (Å²) in [5.74, 6) is -2.86. The van der Waals surface area contributed by atoms with E-state index in [0.717, 1.165) is 0 Å². The Labute approximate surface area is 96.9 Å². The second-order valence-electron chi connectivity index (χ2n) is 3.50. The van der Waals surface area contributed by atoms with Crippen LogP contribution in [-0.4, -0.2) is 34.7 Å². The minimum absolute atomic E-state index is 0.178. The lowest BCUT2D eigenvalue weighted by Crippen LogP contribution is -2.36. The number of carboxylic acid groups (broad SMARTS) is 1. The van der Waals surface area contributed by atoms with Gasteiger partial charge in [-0.3, -0.25) is 4.79 Å². The van der Waals surface area contributed by atoms with Crippen LogP contribution < -0.4 is 5.32 Å². The van der Waals surface area contributed by atoms with Crippen molar-refractivity contribution < 1.29 is 24.2 Å². The van der Waals surface area contributed by atoms with Gasteiger partial charge in [-0.25, -0.2) is 9.18 Å². The lowest BCUT2D eigenvalue weighted by molar-refractivity contribution is -0.146. The number of carbonyl (C=O) groups is 2. The maximum atomic E-state index is 13.5. The first-order valence-corrected chi connectivity index (χ1v) is 4.87. The average Bonchev–Trinajstić information content (AvgIpc) is 2.29. The Hall–Kier alpha value is -1.95. The van der Waals surface area contributed by atoms with Crippen LogP contribution in [0.15, 0.2) is 18.2 Å². The van der Waals surface area contributed by atoms with Crippen LogP contribution in [-0.2, 0) is 4.79 Å². The second-order valence-corrected chi connectivity index (χ2v) is 3.50. The zero-order valence-electron chi connectivity index (χ0n) is 9.11. The van der Waals surface area contributed by atoms with Gasteiger partial charge in [0.1, 0.15) is 5.82 Å². The molecule has 0 aliphatic heterocycles. The van der Waals surface area contributed by atoms with Crippen LogP contribution in [0.25, 0.3) is 0 Å². The van der Waals surface area contributed by atoms with Gasteiger partial charge in [0.2, 0.25) is 0 Å². The molecule has 0 spiro atoms. The molecule has 0 aliphatic rings. The van der Waals surface area contributed by atoms with Gasteiger partial charge in [0.05, 0.1) is 12.1 Å². The molecule has 3 N–H and O–H groups in total. The van der Waals surface area contributed by atoms with E-state index in [2.05, 4.69) is 5.32 Å². The Morgan fingerprint density at radius 3 is 2.71 bits per heavy atom. The van der Waals surface area contributed by atoms with Crippen molar-refractivity contribution in [2.75, 3.05) is 6.54 Å². The van der Waals surface area contributed by atoms with Gasteiger partial charge >= 0.3 is 5.97 Å². The maximum absolute atomic E-state index is 13.5. The summed E-state index contributed by atoms with van der Waals surface area (Å²) in [6, 6.07) is 4.31. The normalized spacial score (nSPS) is 11.9. The van der Waals surface area contributed by atoms with E-state index in [0.29, 0.717) is 5.56 Å². The number of hydrogen-bond donors (Lipinski definition) is 3. The number of rotatable bonds is 4. The molecule has 1 aromatic carbocycles. The number of aliphatic hydroxyl groups excluding tert-OH is 1. The molecule has 5 nitrogen and oxygen atoms in total. The molecule has 92 valence electrons. The van der Waals surface area contributed by atoms with Crippen LogP contribution in [0.5, 0.6) is 0 Å². The standard InChI is InChI=1S/C11H12FNO4/c1-6-3-2-4-7(9(6)12)10(15)13-5-8(14)11(16)17/h2-4,8,14H,5H2,1H3,(H,13,15)(H,16,17)/t8-/m0/s1. The van der Waals surface area contributed by atoms with Crippen molar-refractivity contribution >= 4 is 11.9 Å². The molecular weight excluding hydrogens is 229 g/mol. The Morgan fingerprint density at radius 2 is 2.12 bits per heavy atom. The highest BCUT2D eigenvalue weighted by molar-refractivity contribution is 5.94. The monoisotopic (exact) mass is 241 g/mol. The topological polar surface area (TPSA) is 86.6 Å². The maximum Gasteiger partial charge on any atom is 0.334 e. The summed E-state index contributed by atoms with van der Waals surface area (Å²) in [5, 5.41) is 19.5. The van der Waals surface area contributed by atoms with E-state index >= 15 is 0 Å². The lowest BCUT2D eigenvalue weighted by Gasteiger charge is -2.09. The highest BCUT2D eigenvalue weighted by Gasteiger charge is 2.17. The number of nitrogens with one attached hydrogen (secondary N) is 1. The number of aliphatic carboxylic acids is 1. The van der Waals surface area contributed by atoms with Gasteiger partial charge in [0.25, 0.3) is 5.91 Å². The number of benzene rings is 1. The molecule has 0 unspecified atom stereocenters. The van der Waals surface area contributed by atoms with Gasteiger partial charge in [-0.1, -0.05) is 12.1 Å². The van der Waals surface area contributed by atoms with E-state index < -0.39 is 30.3 Å². The molecule has 6 heteroatoms. The zero-order chi connectivity index (χ0) is 13.0. The number of aliphatic hydroxyl groups is 1. The Morgan fingerprint density at radius 1 is 1.47 bits per heavy atom. The van der Waals surface area contributed by atoms with Crippen LogP contribution in [0.4, 0.5) is 4.39 Å². The third kappa shape index (κ3) is 3.25. The van der Waals surface area contributed by atoms with Crippen molar-refractivity contribution in [2.45, 2.75) is 13.0 Å². The average molecular weight is 241 g/mol. The van der Waals surface area contributed by atoms with Crippen LogP contribution in [0.1, 0.15) is 15.9 Å². The SMILES string of the molecule is Cc1cccc(C(=O)NC[C@H](O)C(=O)O)c1F. The molecule has 1 aromatic rings. The molecule has 0 aromatic heterocycles. The minimum atomic E-state index is -1.70. The number of aryl methyl sites for hydroxylation is 1. The molecule has 0 radical (unpaired) electrons. The fourth-order valence-electron chi connectivity index (χ4n) is 1.19. The first-order chi connectivity index (χ1) is 7.93. The van der Waals surface area contributed by atoms with Crippen LogP contribution in [0, 0.1) is 12.7 Å². The lowest BCUT2D eigenvalue weighted by atomic mass is 10.1. The molecule has 0 heterocycles. The molecule has 0 fully saturated rings. The van der Waals surface area contributed by atoms with Crippen molar-refractivity contribution in [2.24, 2.45) is 0 Å². The summed E-state index contributed by atoms with van der Waals surface area (Å²) in [6.07, 6.45) is -1.70. The zero-order valence-corrected chi connectivity index (χ0v) is 9.11. The molecule has 0 saturated carbocycles. The Kier molecular flexibility index (Phi) is 4.17. The van der Waals surface area contributed by atoms with Crippen LogP contribution in [0.3, 0.4) is 0 Å². The summed E-state index contributed by atoms with van der Waals surface area (Å²) >= 11 is 0. The number of amides is 1. The van der Waals surface area contributed by atoms with E-state index in [-0.39, 0.29) is 5.56 Å². The quantitative estimate of drug-likeness (QED) is 0.708. The van der Waals surface area contributed by atoms with Gasteiger partial charge < -0.3 is 15.5 Å². The molecular formula is C11H12FNO4. The van der Waals surface area contributed by atoms with Crippen molar-refractivity contribution in [3.63, 3.8) is 0 Å². The van der Waals surface area contributed by atoms with Gasteiger partial charge in [0.15, 0.2) is 6.10 Å². The largest absolute Gasteiger partial charge is 0.479 e. The second kappa shape index (κ2) is 5.40. The highest BCUT2D eigenvalue weighted by Crippen LogP contribution is 2.11. The van der Waals surface area contributed by atoms with Crippen LogP contribution in [0.2, 0.25) is 0 Å². The highest BCUT2D eigenvalue weighted by atomic mass is 19.1. The summed E-state index contributed by atoms with van der Waals surface area (Å²) in [7, 11) is 0. The first kappa shape index (κ1) is 13.1. The third-order valence-corrected chi connectivity index (χ3v) is 2.18. The molecule has 1 rings (SSSR count). The number of carboxylic acids is 1. The smallest absolute Gasteiger partial charge is 0.334 e. The predicted molar refractivity (Wildman–Crippen MR) is 57.1 cm³/mol. The minimum Gasteiger partial charge on any atom is -0.479 e. The van der Waals surface area contributed by atoms with E-state index in [1.807, 2.05) is 0 Å². The fraction of sp³-hybridized carbons (Fsp3) is 0.273. The molecule has 1 atom stereocenters. The van der Waals surface area contributed by atoms with Crippen molar-refractivity contribution in [1.82, 2.24) is 5.32 Å². The summed E-state index contributed by atoms with van der Waals surface area (Å²) in [5.41, 5.74) is 0.138. The number of hydrogen-bond acceptors (Lipinski definition) is 3. The van der Waals surface area contributed by atoms with Gasteiger partial charge in [-0.15, -0.1) is 0 Å².